The average Bonchev–Trinajstić information content (AvgIpc) is 3.12. The first-order valence-electron chi connectivity index (χ1n) is 11.1. The molecule has 1 aliphatic rings. The first-order valence-corrected chi connectivity index (χ1v) is 11.1. The first-order chi connectivity index (χ1) is 17.0. The average molecular weight is 463 g/mol. The minimum atomic E-state index is -0.312. The van der Waals surface area contributed by atoms with E-state index in [1.54, 1.807) is 83.6 Å². The van der Waals surface area contributed by atoms with Gasteiger partial charge in [-0.25, -0.2) is 0 Å². The second-order valence-electron chi connectivity index (χ2n) is 8.26. The van der Waals surface area contributed by atoms with Crippen LogP contribution in [0.4, 0.5) is 5.69 Å². The highest BCUT2D eigenvalue weighted by atomic mass is 16.2. The van der Waals surface area contributed by atoms with Crippen molar-refractivity contribution in [3.63, 3.8) is 0 Å². The molecule has 3 amide bonds. The van der Waals surface area contributed by atoms with Crippen LogP contribution in [0, 0.1) is 0 Å². The summed E-state index contributed by atoms with van der Waals surface area (Å²) in [5, 5.41) is 2.85. The predicted octanol–water partition coefficient (Wildman–Crippen LogP) is 3.95. The zero-order valence-corrected chi connectivity index (χ0v) is 18.7. The molecule has 4 aromatic rings. The molecule has 1 aliphatic heterocycles. The summed E-state index contributed by atoms with van der Waals surface area (Å²) in [6.45, 7) is 0.586. The molecule has 0 bridgehead atoms. The van der Waals surface area contributed by atoms with Gasteiger partial charge in [-0.2, -0.15) is 0 Å². The standard InChI is InChI=1S/C28H21N3O4/c32-25-7-3-4-16-30(25)17-19-10-14-22(15-11-19)29-26(33)21-12-8-20(9-13-21)18-31-27(34)23-5-1-2-6-24(23)28(31)35/h1-16H,17-18H2,(H,29,33). The maximum Gasteiger partial charge on any atom is 0.261 e. The van der Waals surface area contributed by atoms with Crippen LogP contribution in [0.2, 0.25) is 0 Å². The Morgan fingerprint density at radius 2 is 1.23 bits per heavy atom. The highest BCUT2D eigenvalue weighted by Gasteiger charge is 2.34. The number of pyridine rings is 1. The number of rotatable bonds is 6. The molecule has 0 saturated heterocycles. The Hall–Kier alpha value is -4.78. The van der Waals surface area contributed by atoms with Crippen molar-refractivity contribution in [2.24, 2.45) is 0 Å². The summed E-state index contributed by atoms with van der Waals surface area (Å²) in [6.07, 6.45) is 1.73. The van der Waals surface area contributed by atoms with Gasteiger partial charge in [0.2, 0.25) is 0 Å². The van der Waals surface area contributed by atoms with Gasteiger partial charge in [-0.15, -0.1) is 0 Å². The van der Waals surface area contributed by atoms with Gasteiger partial charge in [0, 0.05) is 23.5 Å². The van der Waals surface area contributed by atoms with Crippen LogP contribution in [0.25, 0.3) is 0 Å². The number of carbonyl (C=O) groups is 3. The lowest BCUT2D eigenvalue weighted by molar-refractivity contribution is 0.0642. The van der Waals surface area contributed by atoms with Crippen molar-refractivity contribution in [3.05, 3.63) is 135 Å². The Kier molecular flexibility index (Phi) is 5.81. The maximum atomic E-state index is 12.7. The van der Waals surface area contributed by atoms with E-state index in [-0.39, 0.29) is 29.8 Å². The lowest BCUT2D eigenvalue weighted by Crippen LogP contribution is -2.29. The molecule has 3 aromatic carbocycles. The third-order valence-corrected chi connectivity index (χ3v) is 5.90. The summed E-state index contributed by atoms with van der Waals surface area (Å²) in [5.41, 5.74) is 3.53. The SMILES string of the molecule is O=C(Nc1ccc(Cn2ccccc2=O)cc1)c1ccc(CN2C(=O)c3ccccc3C2=O)cc1. The van der Waals surface area contributed by atoms with E-state index in [1.165, 1.54) is 11.0 Å². The van der Waals surface area contributed by atoms with E-state index in [2.05, 4.69) is 5.32 Å². The number of amides is 3. The van der Waals surface area contributed by atoms with Gasteiger partial charge in [0.15, 0.2) is 0 Å². The molecule has 5 rings (SSSR count). The van der Waals surface area contributed by atoms with Gasteiger partial charge in [-0.05, 0) is 53.6 Å². The molecular formula is C28H21N3O4. The number of nitrogens with one attached hydrogen (secondary N) is 1. The summed E-state index contributed by atoms with van der Waals surface area (Å²) in [4.78, 5) is 50.9. The van der Waals surface area contributed by atoms with Crippen molar-refractivity contribution < 1.29 is 14.4 Å². The normalized spacial score (nSPS) is 12.5. The third kappa shape index (κ3) is 4.52. The molecule has 2 heterocycles. The number of hydrogen-bond donors (Lipinski definition) is 1. The number of carbonyl (C=O) groups excluding carboxylic acids is 3. The van der Waals surface area contributed by atoms with E-state index in [4.69, 9.17) is 0 Å². The number of nitrogens with zero attached hydrogens (tertiary/aromatic N) is 2. The molecule has 0 fully saturated rings. The van der Waals surface area contributed by atoms with Crippen molar-refractivity contribution in [2.45, 2.75) is 13.1 Å². The molecule has 1 N–H and O–H groups in total. The topological polar surface area (TPSA) is 88.5 Å². The number of benzene rings is 3. The number of anilines is 1. The van der Waals surface area contributed by atoms with Crippen molar-refractivity contribution in [1.82, 2.24) is 9.47 Å². The van der Waals surface area contributed by atoms with Gasteiger partial charge < -0.3 is 9.88 Å². The number of imide groups is 1. The largest absolute Gasteiger partial charge is 0.322 e. The zero-order chi connectivity index (χ0) is 24.4. The van der Waals surface area contributed by atoms with Crippen molar-refractivity contribution in [1.29, 1.82) is 0 Å². The second kappa shape index (κ2) is 9.23. The smallest absolute Gasteiger partial charge is 0.261 e. The Morgan fingerprint density at radius 1 is 0.657 bits per heavy atom. The molecule has 0 unspecified atom stereocenters. The van der Waals surface area contributed by atoms with Crippen LogP contribution < -0.4 is 10.9 Å². The minimum Gasteiger partial charge on any atom is -0.322 e. The Balaban J connectivity index is 1.21. The molecular weight excluding hydrogens is 442 g/mol. The molecule has 7 nitrogen and oxygen atoms in total. The summed E-state index contributed by atoms with van der Waals surface area (Å²) < 4.78 is 1.61. The quantitative estimate of drug-likeness (QED) is 0.439. The highest BCUT2D eigenvalue weighted by Crippen LogP contribution is 2.24. The summed E-state index contributed by atoms with van der Waals surface area (Å²) >= 11 is 0. The van der Waals surface area contributed by atoms with Crippen LogP contribution in [0.1, 0.15) is 42.2 Å². The molecule has 35 heavy (non-hydrogen) atoms. The lowest BCUT2D eigenvalue weighted by atomic mass is 10.1. The van der Waals surface area contributed by atoms with Crippen molar-refractivity contribution >= 4 is 23.4 Å². The van der Waals surface area contributed by atoms with Gasteiger partial charge in [0.1, 0.15) is 0 Å². The van der Waals surface area contributed by atoms with Crippen molar-refractivity contribution in [3.8, 4) is 0 Å². The van der Waals surface area contributed by atoms with E-state index in [9.17, 15) is 19.2 Å². The zero-order valence-electron chi connectivity index (χ0n) is 18.7. The predicted molar refractivity (Wildman–Crippen MR) is 131 cm³/mol. The Morgan fingerprint density at radius 3 is 1.86 bits per heavy atom. The van der Waals surface area contributed by atoms with Crippen LogP contribution in [0.3, 0.4) is 0 Å². The molecule has 0 atom stereocenters. The lowest BCUT2D eigenvalue weighted by Gasteiger charge is -2.14. The second-order valence-corrected chi connectivity index (χ2v) is 8.26. The summed E-state index contributed by atoms with van der Waals surface area (Å²) in [5.74, 6) is -0.898. The van der Waals surface area contributed by atoms with Crippen LogP contribution >= 0.6 is 0 Å². The maximum absolute atomic E-state index is 12.7. The van der Waals surface area contributed by atoms with E-state index in [0.717, 1.165) is 11.1 Å². The molecule has 0 saturated carbocycles. The highest BCUT2D eigenvalue weighted by molar-refractivity contribution is 6.21. The Labute approximate surface area is 201 Å². The van der Waals surface area contributed by atoms with Crippen molar-refractivity contribution in [2.75, 3.05) is 5.32 Å². The molecule has 1 aromatic heterocycles. The van der Waals surface area contributed by atoms with Crippen LogP contribution in [-0.2, 0) is 13.1 Å². The molecule has 7 heteroatoms. The fourth-order valence-electron chi connectivity index (χ4n) is 4.01. The van der Waals surface area contributed by atoms with Crippen LogP contribution in [0.5, 0.6) is 0 Å². The van der Waals surface area contributed by atoms with Gasteiger partial charge in [0.25, 0.3) is 23.3 Å². The van der Waals surface area contributed by atoms with Crippen LogP contribution in [-0.4, -0.2) is 27.2 Å². The van der Waals surface area contributed by atoms with E-state index >= 15 is 0 Å². The fourth-order valence-corrected chi connectivity index (χ4v) is 4.01. The fraction of sp³-hybridized carbons (Fsp3) is 0.0714. The van der Waals surface area contributed by atoms with Crippen LogP contribution in [0.15, 0.2) is 102 Å². The third-order valence-electron chi connectivity index (χ3n) is 5.90. The molecule has 0 aliphatic carbocycles. The van der Waals surface area contributed by atoms with E-state index in [0.29, 0.717) is 28.9 Å². The molecule has 172 valence electrons. The molecule has 0 radical (unpaired) electrons. The van der Waals surface area contributed by atoms with Gasteiger partial charge in [0.05, 0.1) is 24.2 Å². The van der Waals surface area contributed by atoms with Gasteiger partial charge in [-0.1, -0.05) is 42.5 Å². The monoisotopic (exact) mass is 463 g/mol. The molecule has 0 spiro atoms. The van der Waals surface area contributed by atoms with Gasteiger partial charge >= 0.3 is 0 Å². The number of aromatic nitrogens is 1. The minimum absolute atomic E-state index is 0.0728. The number of fused-ring (bicyclic) bond motifs is 1. The summed E-state index contributed by atoms with van der Waals surface area (Å²) in [7, 11) is 0. The summed E-state index contributed by atoms with van der Waals surface area (Å²) in [6, 6.07) is 25.9. The Bertz CT molecular complexity index is 1450. The van der Waals surface area contributed by atoms with Gasteiger partial charge in [-0.3, -0.25) is 24.1 Å². The van der Waals surface area contributed by atoms with E-state index in [1.807, 2.05) is 12.1 Å². The number of hydrogen-bond acceptors (Lipinski definition) is 4. The van der Waals surface area contributed by atoms with E-state index < -0.39 is 0 Å². The first kappa shape index (κ1) is 22.0.